The molecule has 0 aromatic heterocycles. The van der Waals surface area contributed by atoms with Crippen LogP contribution in [0, 0.1) is 33.8 Å². The van der Waals surface area contributed by atoms with Crippen LogP contribution in [0.3, 0.4) is 0 Å². The second-order valence-electron chi connectivity index (χ2n) is 13.1. The normalized spacial score (nSPS) is 27.2. The van der Waals surface area contributed by atoms with E-state index in [0.29, 0.717) is 26.7 Å². The van der Waals surface area contributed by atoms with Crippen molar-refractivity contribution >= 4 is 63.9 Å². The Hall–Kier alpha value is -5.32. The number of hydrogen-bond donors (Lipinski definition) is 1. The van der Waals surface area contributed by atoms with E-state index in [1.54, 1.807) is 54.6 Å². The zero-order valence-corrected chi connectivity index (χ0v) is 27.6. The highest BCUT2D eigenvalue weighted by molar-refractivity contribution is 6.32. The molecule has 4 aliphatic rings. The minimum Gasteiger partial charge on any atom is -0.508 e. The number of carbonyl (C=O) groups is 4. The second-order valence-corrected chi connectivity index (χ2v) is 14.0. The highest BCUT2D eigenvalue weighted by Gasteiger charge is 2.70. The number of hydrogen-bond acceptors (Lipinski definition) is 7. The Balaban J connectivity index is 1.35. The number of halogens is 2. The number of nitro benzene ring substituents is 1. The van der Waals surface area contributed by atoms with E-state index < -0.39 is 63.6 Å². The van der Waals surface area contributed by atoms with Crippen LogP contribution < -0.4 is 9.80 Å². The van der Waals surface area contributed by atoms with E-state index in [4.69, 9.17) is 23.2 Å². The molecule has 8 rings (SSSR count). The van der Waals surface area contributed by atoms with E-state index >= 15 is 4.79 Å². The van der Waals surface area contributed by atoms with Crippen molar-refractivity contribution in [3.05, 3.63) is 140 Å². The first-order chi connectivity index (χ1) is 24.0. The van der Waals surface area contributed by atoms with Gasteiger partial charge in [0.2, 0.25) is 23.6 Å². The molecule has 2 heterocycles. The molecule has 0 unspecified atom stereocenters. The van der Waals surface area contributed by atoms with Gasteiger partial charge in [-0.2, -0.15) is 0 Å². The first kappa shape index (κ1) is 31.9. The zero-order valence-electron chi connectivity index (χ0n) is 26.1. The lowest BCUT2D eigenvalue weighted by atomic mass is 9.49. The quantitative estimate of drug-likeness (QED) is 0.102. The maximum atomic E-state index is 15.2. The molecule has 2 aliphatic heterocycles. The van der Waals surface area contributed by atoms with Crippen molar-refractivity contribution < 1.29 is 29.2 Å². The highest BCUT2D eigenvalue weighted by Crippen LogP contribution is 2.65. The van der Waals surface area contributed by atoms with E-state index in [1.807, 2.05) is 6.08 Å². The first-order valence-corrected chi connectivity index (χ1v) is 16.8. The van der Waals surface area contributed by atoms with E-state index in [1.165, 1.54) is 42.5 Å². The molecule has 4 aromatic carbocycles. The highest BCUT2D eigenvalue weighted by atomic mass is 35.5. The summed E-state index contributed by atoms with van der Waals surface area (Å²) in [6.45, 7) is 0. The van der Waals surface area contributed by atoms with Gasteiger partial charge in [-0.25, -0.2) is 9.80 Å². The Kier molecular flexibility index (Phi) is 7.43. The Labute approximate surface area is 295 Å². The fraction of sp³-hybridized carbons (Fsp3) is 0.211. The number of anilines is 2. The number of carbonyl (C=O) groups excluding carboxylic acids is 4. The van der Waals surface area contributed by atoms with Crippen molar-refractivity contribution in [3.8, 4) is 5.75 Å². The molecule has 6 atom stereocenters. The summed E-state index contributed by atoms with van der Waals surface area (Å²) in [5.41, 5.74) is 0.0133. The largest absolute Gasteiger partial charge is 0.508 e. The molecular formula is C38H27Cl2N3O7. The SMILES string of the molecule is O=C1[C@H]2[C@H](CC=C3[C@H]2C[C@H]2C(=O)N(c4cccc(Cl)c4)C(=O)[C@@]2(c2ccccc2)[C@H]3c2cc(Cl)ccc2O)C(=O)N1c1cccc([N+](=O)[O-])c1. The lowest BCUT2D eigenvalue weighted by molar-refractivity contribution is -0.384. The van der Waals surface area contributed by atoms with Gasteiger partial charge in [0, 0.05) is 33.7 Å². The number of fused-ring (bicyclic) bond motifs is 4. The fourth-order valence-electron chi connectivity index (χ4n) is 8.85. The molecule has 250 valence electrons. The van der Waals surface area contributed by atoms with E-state index in [9.17, 15) is 29.6 Å². The molecule has 0 bridgehead atoms. The molecule has 50 heavy (non-hydrogen) atoms. The third kappa shape index (κ3) is 4.48. The summed E-state index contributed by atoms with van der Waals surface area (Å²) in [7, 11) is 0. The molecule has 4 amide bonds. The Bertz CT molecular complexity index is 2190. The summed E-state index contributed by atoms with van der Waals surface area (Å²) in [4.78, 5) is 71.5. The van der Waals surface area contributed by atoms with Gasteiger partial charge in [-0.1, -0.05) is 77.3 Å². The second kappa shape index (κ2) is 11.6. The summed E-state index contributed by atoms with van der Waals surface area (Å²) >= 11 is 12.9. The predicted molar refractivity (Wildman–Crippen MR) is 185 cm³/mol. The number of nitro groups is 1. The van der Waals surface area contributed by atoms with Gasteiger partial charge in [0.15, 0.2) is 0 Å². The number of amides is 4. The molecule has 1 N–H and O–H groups in total. The van der Waals surface area contributed by atoms with E-state index in [0.717, 1.165) is 9.80 Å². The molecule has 0 radical (unpaired) electrons. The van der Waals surface area contributed by atoms with Crippen molar-refractivity contribution in [2.24, 2.45) is 23.7 Å². The minimum atomic E-state index is -1.58. The number of phenolic OH excluding ortho intramolecular Hbond substituents is 1. The van der Waals surface area contributed by atoms with Crippen LogP contribution in [0.25, 0.3) is 0 Å². The van der Waals surface area contributed by atoms with Crippen molar-refractivity contribution in [1.82, 2.24) is 0 Å². The monoisotopic (exact) mass is 707 g/mol. The van der Waals surface area contributed by atoms with Crippen LogP contribution in [0.5, 0.6) is 5.75 Å². The summed E-state index contributed by atoms with van der Waals surface area (Å²) in [5, 5.41) is 23.7. The zero-order chi connectivity index (χ0) is 35.1. The summed E-state index contributed by atoms with van der Waals surface area (Å²) in [6, 6.07) is 25.3. The molecule has 1 saturated carbocycles. The van der Waals surface area contributed by atoms with Gasteiger partial charge in [-0.15, -0.1) is 0 Å². The Morgan fingerprint density at radius 1 is 0.760 bits per heavy atom. The van der Waals surface area contributed by atoms with Gasteiger partial charge in [-0.05, 0) is 66.8 Å². The summed E-state index contributed by atoms with van der Waals surface area (Å²) < 4.78 is 0. The molecular weight excluding hydrogens is 681 g/mol. The number of phenols is 1. The molecule has 10 nitrogen and oxygen atoms in total. The van der Waals surface area contributed by atoms with Crippen LogP contribution in [-0.2, 0) is 24.6 Å². The van der Waals surface area contributed by atoms with Crippen molar-refractivity contribution in [3.63, 3.8) is 0 Å². The van der Waals surface area contributed by atoms with Gasteiger partial charge < -0.3 is 5.11 Å². The number of aromatic hydroxyl groups is 1. The van der Waals surface area contributed by atoms with E-state index in [-0.39, 0.29) is 35.7 Å². The van der Waals surface area contributed by atoms with Crippen LogP contribution in [0.15, 0.2) is 109 Å². The maximum absolute atomic E-state index is 15.2. The molecule has 0 spiro atoms. The van der Waals surface area contributed by atoms with Crippen molar-refractivity contribution in [1.29, 1.82) is 0 Å². The van der Waals surface area contributed by atoms with Crippen molar-refractivity contribution in [2.75, 3.05) is 9.80 Å². The Morgan fingerprint density at radius 3 is 2.18 bits per heavy atom. The third-order valence-electron chi connectivity index (χ3n) is 10.8. The van der Waals surface area contributed by atoms with Crippen LogP contribution in [0.1, 0.15) is 29.9 Å². The number of allylic oxidation sites excluding steroid dienone is 2. The molecule has 4 aromatic rings. The first-order valence-electron chi connectivity index (χ1n) is 16.0. The summed E-state index contributed by atoms with van der Waals surface area (Å²) in [6.07, 6.45) is 2.04. The third-order valence-corrected chi connectivity index (χ3v) is 11.2. The average Bonchev–Trinajstić information content (AvgIpc) is 3.50. The number of nitrogens with zero attached hydrogens (tertiary/aromatic N) is 3. The van der Waals surface area contributed by atoms with Crippen LogP contribution >= 0.6 is 23.2 Å². The maximum Gasteiger partial charge on any atom is 0.271 e. The van der Waals surface area contributed by atoms with Gasteiger partial charge in [-0.3, -0.25) is 29.3 Å². The van der Waals surface area contributed by atoms with Crippen LogP contribution in [-0.4, -0.2) is 33.7 Å². The lowest BCUT2D eigenvalue weighted by Crippen LogP contribution is -2.53. The number of imide groups is 2. The Morgan fingerprint density at radius 2 is 1.46 bits per heavy atom. The van der Waals surface area contributed by atoms with Gasteiger partial charge in [0.25, 0.3) is 5.69 Å². The minimum absolute atomic E-state index is 0.0448. The topological polar surface area (TPSA) is 138 Å². The average molecular weight is 709 g/mol. The number of rotatable bonds is 5. The van der Waals surface area contributed by atoms with Crippen molar-refractivity contribution in [2.45, 2.75) is 24.2 Å². The van der Waals surface area contributed by atoms with Crippen LogP contribution in [0.2, 0.25) is 10.0 Å². The predicted octanol–water partition coefficient (Wildman–Crippen LogP) is 6.97. The van der Waals surface area contributed by atoms with E-state index in [2.05, 4.69) is 0 Å². The number of benzene rings is 4. The smallest absolute Gasteiger partial charge is 0.271 e. The molecule has 12 heteroatoms. The molecule has 3 fully saturated rings. The van der Waals surface area contributed by atoms with Gasteiger partial charge in [0.05, 0.1) is 39.5 Å². The molecule has 2 aliphatic carbocycles. The summed E-state index contributed by atoms with van der Waals surface area (Å²) in [5.74, 6) is -6.62. The fourth-order valence-corrected chi connectivity index (χ4v) is 9.21. The van der Waals surface area contributed by atoms with Gasteiger partial charge >= 0.3 is 0 Å². The molecule has 2 saturated heterocycles. The van der Waals surface area contributed by atoms with Crippen LogP contribution in [0.4, 0.5) is 17.1 Å². The lowest BCUT2D eigenvalue weighted by Gasteiger charge is -2.50. The standard InChI is InChI=1S/C38H27Cl2N3O7/c39-21-8-4-9-23(16-21)42-35(46)30-19-28-26(13-14-27-32(28)36(47)41(34(27)45)24-10-5-11-25(18-24)43(49)50)33(29-17-22(40)12-15-31(29)44)38(30,37(42)48)20-6-2-1-3-7-20/h1-13,15-18,27-28,30,32-33,44H,14,19H2/t27-,28+,30-,32-,33+,38+/m0/s1. The van der Waals surface area contributed by atoms with Gasteiger partial charge in [0.1, 0.15) is 5.75 Å². The number of non-ortho nitro benzene ring substituents is 1.